The van der Waals surface area contributed by atoms with Crippen LogP contribution in [0.5, 0.6) is 5.75 Å². The van der Waals surface area contributed by atoms with Gasteiger partial charge in [0.05, 0.1) is 5.56 Å². The van der Waals surface area contributed by atoms with Crippen LogP contribution in [0.2, 0.25) is 0 Å². The van der Waals surface area contributed by atoms with Gasteiger partial charge in [-0.3, -0.25) is 13.9 Å². The molecule has 36 heavy (non-hydrogen) atoms. The number of aryl methyl sites for hydroxylation is 1. The molecule has 9 heteroatoms. The zero-order chi connectivity index (χ0) is 25.8. The van der Waals surface area contributed by atoms with Crippen molar-refractivity contribution in [3.05, 3.63) is 80.5 Å². The molecule has 0 spiro atoms. The van der Waals surface area contributed by atoms with Crippen molar-refractivity contribution in [1.82, 2.24) is 24.0 Å². The number of carbonyl (C=O) groups excluding carboxylic acids is 1. The molecule has 0 amide bonds. The van der Waals surface area contributed by atoms with Crippen LogP contribution >= 0.6 is 0 Å². The van der Waals surface area contributed by atoms with E-state index in [1.807, 2.05) is 40.1 Å². The van der Waals surface area contributed by atoms with Crippen molar-refractivity contribution in [1.29, 1.82) is 0 Å². The summed E-state index contributed by atoms with van der Waals surface area (Å²) in [5.41, 5.74) is 2.23. The number of benzene rings is 2. The number of ether oxygens (including phenoxy) is 1. The van der Waals surface area contributed by atoms with E-state index in [1.165, 1.54) is 4.57 Å². The van der Waals surface area contributed by atoms with Gasteiger partial charge in [-0.2, -0.15) is 0 Å². The largest absolute Gasteiger partial charge is 0.423 e. The molecule has 2 aromatic carbocycles. The van der Waals surface area contributed by atoms with Gasteiger partial charge in [0.2, 0.25) is 0 Å². The molecule has 1 N–H and O–H groups in total. The van der Waals surface area contributed by atoms with E-state index in [0.29, 0.717) is 53.4 Å². The predicted octanol–water partition coefficient (Wildman–Crippen LogP) is 3.65. The maximum Gasteiger partial charge on any atom is 0.343 e. The van der Waals surface area contributed by atoms with E-state index in [2.05, 4.69) is 14.9 Å². The quantitative estimate of drug-likeness (QED) is 0.284. The summed E-state index contributed by atoms with van der Waals surface area (Å²) < 4.78 is 8.33. The molecule has 0 saturated carbocycles. The Kier molecular flexibility index (Phi) is 7.49. The van der Waals surface area contributed by atoms with Gasteiger partial charge in [0.15, 0.2) is 5.65 Å². The number of hydrogen-bond acceptors (Lipinski definition) is 6. The van der Waals surface area contributed by atoms with E-state index in [4.69, 9.17) is 4.74 Å². The Hall–Kier alpha value is -3.98. The van der Waals surface area contributed by atoms with Crippen molar-refractivity contribution in [2.45, 2.75) is 46.3 Å². The maximum atomic E-state index is 12.9. The minimum atomic E-state index is -0.442. The fourth-order valence-electron chi connectivity index (χ4n) is 4.11. The number of esters is 1. The van der Waals surface area contributed by atoms with Gasteiger partial charge in [-0.1, -0.05) is 26.0 Å². The van der Waals surface area contributed by atoms with Gasteiger partial charge in [0, 0.05) is 25.2 Å². The third-order valence-electron chi connectivity index (χ3n) is 5.78. The van der Waals surface area contributed by atoms with Crippen LogP contribution in [0.1, 0.15) is 42.6 Å². The molecule has 0 bridgehead atoms. The van der Waals surface area contributed by atoms with Crippen LogP contribution in [0.3, 0.4) is 0 Å². The van der Waals surface area contributed by atoms with Crippen LogP contribution in [-0.2, 0) is 19.6 Å². The summed E-state index contributed by atoms with van der Waals surface area (Å²) in [6.07, 6.45) is 1.41. The lowest BCUT2D eigenvalue weighted by Crippen LogP contribution is -2.40. The van der Waals surface area contributed by atoms with E-state index < -0.39 is 5.97 Å². The highest BCUT2D eigenvalue weighted by molar-refractivity contribution is 5.91. The van der Waals surface area contributed by atoms with E-state index >= 15 is 0 Å². The first-order valence-corrected chi connectivity index (χ1v) is 12.1. The molecule has 0 aliphatic carbocycles. The highest BCUT2D eigenvalue weighted by Crippen LogP contribution is 2.22. The van der Waals surface area contributed by atoms with Crippen LogP contribution in [-0.4, -0.2) is 44.1 Å². The molecular weight excluding hydrogens is 458 g/mol. The third-order valence-corrected chi connectivity index (χ3v) is 5.78. The smallest absolute Gasteiger partial charge is 0.343 e. The number of fused-ring (bicyclic) bond motifs is 1. The Morgan fingerprint density at radius 1 is 0.944 bits per heavy atom. The second-order valence-corrected chi connectivity index (χ2v) is 9.02. The number of aromatic nitrogens is 4. The first-order valence-electron chi connectivity index (χ1n) is 12.1. The monoisotopic (exact) mass is 489 g/mol. The standard InChI is InChI=1S/C27H31N5O4/c1-5-15-31-24-22(25(33)32(16-6-2)27(31)35)28-23(29-24)19-11-13-21(14-12-19)36-26(34)20-9-7-18(8-10-20)17-30(3)4/h7-14H,5-6,15-17H2,1-4H3,(H,28,29). The number of nitrogens with zero attached hydrogens (tertiary/aromatic N) is 4. The number of imidazole rings is 1. The Morgan fingerprint density at radius 3 is 2.19 bits per heavy atom. The second-order valence-electron chi connectivity index (χ2n) is 9.02. The average molecular weight is 490 g/mol. The van der Waals surface area contributed by atoms with Crippen molar-refractivity contribution >= 4 is 17.1 Å². The molecule has 0 saturated heterocycles. The zero-order valence-electron chi connectivity index (χ0n) is 21.1. The molecule has 0 aliphatic rings. The SMILES string of the molecule is CCCn1c(=O)c2[nH]c(-c3ccc(OC(=O)c4ccc(CN(C)C)cc4)cc3)nc2n(CCC)c1=O. The highest BCUT2D eigenvalue weighted by atomic mass is 16.5. The highest BCUT2D eigenvalue weighted by Gasteiger charge is 2.17. The number of rotatable bonds is 9. The number of aromatic amines is 1. The van der Waals surface area contributed by atoms with Crippen molar-refractivity contribution in [2.24, 2.45) is 0 Å². The lowest BCUT2D eigenvalue weighted by molar-refractivity contribution is 0.0734. The number of carbonyl (C=O) groups is 1. The number of hydrogen-bond donors (Lipinski definition) is 1. The van der Waals surface area contributed by atoms with Gasteiger partial charge < -0.3 is 14.6 Å². The lowest BCUT2D eigenvalue weighted by atomic mass is 10.1. The molecule has 188 valence electrons. The molecule has 2 heterocycles. The van der Waals surface area contributed by atoms with Gasteiger partial charge in [-0.15, -0.1) is 0 Å². The number of nitrogens with one attached hydrogen (secondary N) is 1. The molecule has 0 atom stereocenters. The molecule has 0 unspecified atom stereocenters. The Morgan fingerprint density at radius 2 is 1.58 bits per heavy atom. The Bertz CT molecular complexity index is 1480. The molecule has 0 aliphatic heterocycles. The molecule has 0 radical (unpaired) electrons. The summed E-state index contributed by atoms with van der Waals surface area (Å²) in [4.78, 5) is 48.1. The zero-order valence-corrected chi connectivity index (χ0v) is 21.1. The molecule has 2 aromatic heterocycles. The van der Waals surface area contributed by atoms with Crippen molar-refractivity contribution < 1.29 is 9.53 Å². The summed E-state index contributed by atoms with van der Waals surface area (Å²) in [6.45, 7) is 5.50. The summed E-state index contributed by atoms with van der Waals surface area (Å²) in [6, 6.07) is 14.2. The fraction of sp³-hybridized carbons (Fsp3) is 0.333. The minimum Gasteiger partial charge on any atom is -0.423 e. The predicted molar refractivity (Wildman–Crippen MR) is 139 cm³/mol. The van der Waals surface area contributed by atoms with Crippen molar-refractivity contribution in [3.63, 3.8) is 0 Å². The van der Waals surface area contributed by atoms with Crippen LogP contribution in [0, 0.1) is 0 Å². The summed E-state index contributed by atoms with van der Waals surface area (Å²) >= 11 is 0. The van der Waals surface area contributed by atoms with E-state index in [0.717, 1.165) is 18.5 Å². The van der Waals surface area contributed by atoms with Gasteiger partial charge >= 0.3 is 11.7 Å². The molecule has 4 aromatic rings. The lowest BCUT2D eigenvalue weighted by Gasteiger charge is -2.10. The molecule has 0 fully saturated rings. The first kappa shape index (κ1) is 25.1. The number of H-pyrrole nitrogens is 1. The molecular formula is C27H31N5O4. The summed E-state index contributed by atoms with van der Waals surface area (Å²) in [5, 5.41) is 0. The van der Waals surface area contributed by atoms with Gasteiger partial charge in [-0.25, -0.2) is 14.6 Å². The fourth-order valence-corrected chi connectivity index (χ4v) is 4.11. The van der Waals surface area contributed by atoms with Gasteiger partial charge in [-0.05, 0) is 68.9 Å². The molecule has 9 nitrogen and oxygen atoms in total. The van der Waals surface area contributed by atoms with Crippen LogP contribution in [0.15, 0.2) is 58.1 Å². The van der Waals surface area contributed by atoms with Gasteiger partial charge in [0.25, 0.3) is 5.56 Å². The normalized spacial score (nSPS) is 11.4. The summed E-state index contributed by atoms with van der Waals surface area (Å²) in [5.74, 6) is 0.420. The van der Waals surface area contributed by atoms with Crippen LogP contribution in [0.25, 0.3) is 22.6 Å². The molecule has 4 rings (SSSR count). The Balaban J connectivity index is 1.58. The van der Waals surface area contributed by atoms with Gasteiger partial charge in [0.1, 0.15) is 17.1 Å². The first-order chi connectivity index (χ1) is 17.3. The average Bonchev–Trinajstić information content (AvgIpc) is 3.30. The second kappa shape index (κ2) is 10.7. The topological polar surface area (TPSA) is 102 Å². The minimum absolute atomic E-state index is 0.305. The van der Waals surface area contributed by atoms with E-state index in [9.17, 15) is 14.4 Å². The van der Waals surface area contributed by atoms with Crippen LogP contribution < -0.4 is 16.0 Å². The maximum absolute atomic E-state index is 12.9. The Labute approximate surface area is 209 Å². The van der Waals surface area contributed by atoms with Crippen molar-refractivity contribution in [3.8, 4) is 17.1 Å². The van der Waals surface area contributed by atoms with E-state index in [1.54, 1.807) is 41.0 Å². The van der Waals surface area contributed by atoms with Crippen LogP contribution in [0.4, 0.5) is 0 Å². The summed E-state index contributed by atoms with van der Waals surface area (Å²) in [7, 11) is 3.98. The van der Waals surface area contributed by atoms with E-state index in [-0.39, 0.29) is 11.2 Å². The third kappa shape index (κ3) is 5.16. The van der Waals surface area contributed by atoms with Crippen molar-refractivity contribution in [2.75, 3.05) is 14.1 Å².